The molecule has 0 fully saturated rings. The number of methoxy groups -OCH3 is 1. The Balaban J connectivity index is 3.08. The van der Waals surface area contributed by atoms with Crippen LogP contribution in [0.3, 0.4) is 0 Å². The summed E-state index contributed by atoms with van der Waals surface area (Å²) in [6, 6.07) is 5.95. The van der Waals surface area contributed by atoms with Gasteiger partial charge in [-0.2, -0.15) is 0 Å². The number of ketones is 1. The Morgan fingerprint density at radius 1 is 1.30 bits per heavy atom. The van der Waals surface area contributed by atoms with E-state index in [1.807, 2.05) is 0 Å². The van der Waals surface area contributed by atoms with Crippen LogP contribution in [-0.4, -0.2) is 40.6 Å². The average molecular weight is 279 g/mol. The molecule has 0 heterocycles. The van der Waals surface area contributed by atoms with Crippen molar-refractivity contribution in [1.82, 2.24) is 4.90 Å². The van der Waals surface area contributed by atoms with Crippen LogP contribution in [-0.2, 0) is 0 Å². The van der Waals surface area contributed by atoms with Crippen molar-refractivity contribution in [1.29, 1.82) is 0 Å². The molecule has 0 bridgehead atoms. The Morgan fingerprint density at radius 3 is 2.35 bits per heavy atom. The zero-order chi connectivity index (χ0) is 15.5. The van der Waals surface area contributed by atoms with Crippen LogP contribution in [0.15, 0.2) is 24.3 Å². The van der Waals surface area contributed by atoms with Crippen molar-refractivity contribution in [3.05, 3.63) is 29.8 Å². The number of carbonyl (C=O) groups is 2. The number of nitrogens with zero attached hydrogens (tertiary/aromatic N) is 1. The summed E-state index contributed by atoms with van der Waals surface area (Å²) in [7, 11) is 1.52. The number of carbonyl (C=O) groups excluding carboxylic acids is 1. The molecule has 1 atom stereocenters. The van der Waals surface area contributed by atoms with Crippen LogP contribution < -0.4 is 4.74 Å². The zero-order valence-corrected chi connectivity index (χ0v) is 12.5. The van der Waals surface area contributed by atoms with Crippen molar-refractivity contribution < 1.29 is 19.4 Å². The first kappa shape index (κ1) is 16.0. The number of ether oxygens (including phenoxy) is 1. The van der Waals surface area contributed by atoms with E-state index < -0.39 is 17.7 Å². The molecule has 0 unspecified atom stereocenters. The van der Waals surface area contributed by atoms with Gasteiger partial charge in [-0.25, -0.2) is 4.79 Å². The fourth-order valence-electron chi connectivity index (χ4n) is 2.17. The predicted octanol–water partition coefficient (Wildman–Crippen LogP) is 3.04. The normalized spacial score (nSPS) is 12.7. The monoisotopic (exact) mass is 279 g/mol. The Labute approximate surface area is 119 Å². The van der Waals surface area contributed by atoms with E-state index in [1.165, 1.54) is 7.11 Å². The van der Waals surface area contributed by atoms with E-state index in [1.54, 1.807) is 52.0 Å². The number of hydrogen-bond donors (Lipinski definition) is 1. The SMILES string of the molecule is COc1cccc(C(=O)[C@@H](C)N(C(=O)O)C(C)(C)C)c1. The number of benzene rings is 1. The Hall–Kier alpha value is -2.04. The quantitative estimate of drug-likeness (QED) is 0.860. The molecule has 1 N–H and O–H groups in total. The molecular weight excluding hydrogens is 258 g/mol. The van der Waals surface area contributed by atoms with Crippen LogP contribution in [0.5, 0.6) is 5.75 Å². The molecule has 1 rings (SSSR count). The van der Waals surface area contributed by atoms with Crippen LogP contribution >= 0.6 is 0 Å². The van der Waals surface area contributed by atoms with Gasteiger partial charge in [0, 0.05) is 11.1 Å². The third-order valence-corrected chi connectivity index (χ3v) is 3.05. The summed E-state index contributed by atoms with van der Waals surface area (Å²) in [6.45, 7) is 6.88. The second-order valence-corrected chi connectivity index (χ2v) is 5.60. The minimum absolute atomic E-state index is 0.249. The lowest BCUT2D eigenvalue weighted by Crippen LogP contribution is -2.52. The smallest absolute Gasteiger partial charge is 0.408 e. The average Bonchev–Trinajstić information content (AvgIpc) is 2.35. The first-order valence-corrected chi connectivity index (χ1v) is 6.39. The van der Waals surface area contributed by atoms with Crippen molar-refractivity contribution in [2.45, 2.75) is 39.3 Å². The maximum Gasteiger partial charge on any atom is 0.408 e. The first-order valence-electron chi connectivity index (χ1n) is 6.39. The largest absolute Gasteiger partial charge is 0.497 e. The van der Waals surface area contributed by atoms with Crippen molar-refractivity contribution in [3.63, 3.8) is 0 Å². The van der Waals surface area contributed by atoms with E-state index in [2.05, 4.69) is 0 Å². The molecule has 0 saturated carbocycles. The van der Waals surface area contributed by atoms with Crippen molar-refractivity contribution in [2.75, 3.05) is 7.11 Å². The van der Waals surface area contributed by atoms with Gasteiger partial charge in [0.25, 0.3) is 0 Å². The number of amides is 1. The van der Waals surface area contributed by atoms with Gasteiger partial charge >= 0.3 is 6.09 Å². The molecular formula is C15H21NO4. The minimum atomic E-state index is -1.11. The molecule has 5 nitrogen and oxygen atoms in total. The summed E-state index contributed by atoms with van der Waals surface area (Å²) in [5, 5.41) is 9.32. The molecule has 0 saturated heterocycles. The summed E-state index contributed by atoms with van der Waals surface area (Å²) in [5.74, 6) is 0.321. The van der Waals surface area contributed by atoms with E-state index in [0.717, 1.165) is 4.90 Å². The van der Waals surface area contributed by atoms with Crippen molar-refractivity contribution in [3.8, 4) is 5.75 Å². The van der Waals surface area contributed by atoms with Crippen molar-refractivity contribution in [2.24, 2.45) is 0 Å². The second-order valence-electron chi connectivity index (χ2n) is 5.60. The van der Waals surface area contributed by atoms with E-state index in [4.69, 9.17) is 4.74 Å². The first-order chi connectivity index (χ1) is 9.18. The topological polar surface area (TPSA) is 66.8 Å². The lowest BCUT2D eigenvalue weighted by atomic mass is 9.98. The van der Waals surface area contributed by atoms with Crippen LogP contribution in [0.25, 0.3) is 0 Å². The Morgan fingerprint density at radius 2 is 1.90 bits per heavy atom. The third-order valence-electron chi connectivity index (χ3n) is 3.05. The van der Waals surface area contributed by atoms with Gasteiger partial charge in [0.2, 0.25) is 0 Å². The molecule has 0 spiro atoms. The third kappa shape index (κ3) is 3.50. The number of Topliss-reactive ketones (excluding diaryl/α,β-unsaturated/α-hetero) is 1. The maximum absolute atomic E-state index is 12.4. The van der Waals surface area contributed by atoms with Gasteiger partial charge in [0.05, 0.1) is 13.2 Å². The van der Waals surface area contributed by atoms with Gasteiger partial charge in [-0.15, -0.1) is 0 Å². The molecule has 5 heteroatoms. The summed E-state index contributed by atoms with van der Waals surface area (Å²) in [5.41, 5.74) is -0.216. The predicted molar refractivity (Wildman–Crippen MR) is 76.4 cm³/mol. The van der Waals surface area contributed by atoms with Gasteiger partial charge in [0.15, 0.2) is 5.78 Å². The summed E-state index contributed by atoms with van der Waals surface area (Å²) >= 11 is 0. The highest BCUT2D eigenvalue weighted by atomic mass is 16.5. The fraction of sp³-hybridized carbons (Fsp3) is 0.467. The molecule has 1 aromatic rings. The molecule has 110 valence electrons. The highest BCUT2D eigenvalue weighted by Crippen LogP contribution is 2.21. The highest BCUT2D eigenvalue weighted by molar-refractivity contribution is 6.01. The maximum atomic E-state index is 12.4. The fourth-order valence-corrected chi connectivity index (χ4v) is 2.17. The number of rotatable bonds is 4. The number of hydrogen-bond acceptors (Lipinski definition) is 3. The van der Waals surface area contributed by atoms with Crippen molar-refractivity contribution >= 4 is 11.9 Å². The molecule has 20 heavy (non-hydrogen) atoms. The van der Waals surface area contributed by atoms with Crippen LogP contribution in [0.4, 0.5) is 4.79 Å². The van der Waals surface area contributed by atoms with Gasteiger partial charge in [-0.05, 0) is 39.8 Å². The molecule has 0 aliphatic carbocycles. The lowest BCUT2D eigenvalue weighted by Gasteiger charge is -2.37. The van der Waals surface area contributed by atoms with Gasteiger partial charge in [0.1, 0.15) is 5.75 Å². The van der Waals surface area contributed by atoms with Gasteiger partial charge < -0.3 is 9.84 Å². The molecule has 0 aliphatic rings. The molecule has 0 radical (unpaired) electrons. The Bertz CT molecular complexity index is 505. The minimum Gasteiger partial charge on any atom is -0.497 e. The molecule has 0 aliphatic heterocycles. The second kappa shape index (κ2) is 5.94. The summed E-state index contributed by atoms with van der Waals surface area (Å²) in [4.78, 5) is 25.0. The molecule has 1 aromatic carbocycles. The highest BCUT2D eigenvalue weighted by Gasteiger charge is 2.34. The van der Waals surface area contributed by atoms with Gasteiger partial charge in [-0.1, -0.05) is 12.1 Å². The van der Waals surface area contributed by atoms with Crippen LogP contribution in [0.1, 0.15) is 38.1 Å². The molecule has 0 aromatic heterocycles. The van der Waals surface area contributed by atoms with E-state index in [0.29, 0.717) is 11.3 Å². The van der Waals surface area contributed by atoms with Crippen LogP contribution in [0.2, 0.25) is 0 Å². The zero-order valence-electron chi connectivity index (χ0n) is 12.5. The summed E-state index contributed by atoms with van der Waals surface area (Å²) in [6.07, 6.45) is -1.11. The molecule has 1 amide bonds. The van der Waals surface area contributed by atoms with E-state index in [-0.39, 0.29) is 5.78 Å². The van der Waals surface area contributed by atoms with E-state index in [9.17, 15) is 14.7 Å². The van der Waals surface area contributed by atoms with E-state index >= 15 is 0 Å². The summed E-state index contributed by atoms with van der Waals surface area (Å²) < 4.78 is 5.08. The Kier molecular flexibility index (Phi) is 4.76. The lowest BCUT2D eigenvalue weighted by molar-refractivity contribution is 0.0589. The van der Waals surface area contributed by atoms with Gasteiger partial charge in [-0.3, -0.25) is 9.69 Å². The van der Waals surface area contributed by atoms with Crippen LogP contribution in [0, 0.1) is 0 Å². The standard InChI is InChI=1S/C15H21NO4/c1-10(16(14(18)19)15(2,3)4)13(17)11-7-6-8-12(9-11)20-5/h6-10H,1-5H3,(H,18,19)/t10-/m1/s1. The number of carboxylic acid groups (broad SMARTS) is 1.